The van der Waals surface area contributed by atoms with Crippen molar-refractivity contribution in [2.24, 2.45) is 5.92 Å². The second-order valence-electron chi connectivity index (χ2n) is 11.9. The van der Waals surface area contributed by atoms with Crippen LogP contribution in [-0.4, -0.2) is 71.4 Å². The molecule has 2 N–H and O–H groups in total. The van der Waals surface area contributed by atoms with Gasteiger partial charge in [0.25, 0.3) is 0 Å². The van der Waals surface area contributed by atoms with E-state index >= 15 is 0 Å². The number of esters is 2. The van der Waals surface area contributed by atoms with Gasteiger partial charge in [-0.05, 0) is 44.7 Å². The number of allylic oxidation sites excluding steroid dienone is 1. The smallest absolute Gasteiger partial charge is 0.678 e. The van der Waals surface area contributed by atoms with Gasteiger partial charge >= 0.3 is 41.0 Å². The van der Waals surface area contributed by atoms with Crippen LogP contribution in [-0.2, 0) is 38.3 Å². The summed E-state index contributed by atoms with van der Waals surface area (Å²) in [6, 6.07) is -0.350. The third-order valence-electron chi connectivity index (χ3n) is 9.44. The molecule has 6 rings (SSSR count). The van der Waals surface area contributed by atoms with Crippen LogP contribution in [0.1, 0.15) is 74.4 Å². The summed E-state index contributed by atoms with van der Waals surface area (Å²) in [5.41, 5.74) is 8.04. The molecule has 48 heavy (non-hydrogen) atoms. The van der Waals surface area contributed by atoms with E-state index in [1.54, 1.807) is 25.2 Å². The average Bonchev–Trinajstić information content (AvgIpc) is 3.79. The van der Waals surface area contributed by atoms with Crippen molar-refractivity contribution >= 4 is 64.4 Å². The molecule has 0 saturated heterocycles. The number of carboxylic acids is 1. The van der Waals surface area contributed by atoms with Gasteiger partial charge in [-0.2, -0.15) is 11.4 Å². The van der Waals surface area contributed by atoms with Crippen molar-refractivity contribution in [1.82, 2.24) is 15.0 Å². The maximum absolute atomic E-state index is 13.3. The van der Waals surface area contributed by atoms with Crippen LogP contribution >= 0.6 is 0 Å². The molecule has 1 unspecified atom stereocenters. The molecule has 2 aliphatic heterocycles. The van der Waals surface area contributed by atoms with Gasteiger partial charge in [-0.25, -0.2) is 4.79 Å². The fraction of sp³-hybridized carbons (Fsp3) is 0.306. The topological polar surface area (TPSA) is 167 Å². The van der Waals surface area contributed by atoms with Gasteiger partial charge in [-0.1, -0.05) is 71.7 Å². The molecule has 0 saturated carbocycles. The van der Waals surface area contributed by atoms with Crippen molar-refractivity contribution in [3.8, 4) is 0 Å². The molecule has 0 aromatic carbocycles. The summed E-state index contributed by atoms with van der Waals surface area (Å²) < 4.78 is 10.3. The fourth-order valence-corrected chi connectivity index (χ4v) is 6.97. The van der Waals surface area contributed by atoms with E-state index < -0.39 is 23.8 Å². The Morgan fingerprint density at radius 3 is 2.35 bits per heavy atom. The predicted octanol–water partition coefficient (Wildman–Crippen LogP) is 2.66. The van der Waals surface area contributed by atoms with E-state index in [1.165, 1.54) is 14.2 Å². The summed E-state index contributed by atoms with van der Waals surface area (Å²) in [7, 11) is 2.55. The number of aliphatic carboxylic acids is 1. The Bertz CT molecular complexity index is 2110. The molecule has 3 aliphatic rings. The Morgan fingerprint density at radius 1 is 1.00 bits per heavy atom. The van der Waals surface area contributed by atoms with Crippen LogP contribution in [0.25, 0.3) is 28.8 Å². The van der Waals surface area contributed by atoms with Gasteiger partial charge in [0.05, 0.1) is 19.8 Å². The van der Waals surface area contributed by atoms with Crippen LogP contribution in [0.5, 0.6) is 0 Å². The van der Waals surface area contributed by atoms with E-state index in [-0.39, 0.29) is 59.7 Å². The standard InChI is InChI=1S/C36H36N4O7.Mg/c1-8-18-15(3)21-12-22-16(4)20(10-11-27(41)42)32(39-22)30-31(36(45)47-7)34(43)28-17(5)23(40-33(28)30)13-25-19(9-2)29(35(44)46-6)26(38-25)14-24(18)37-21;/h8-9,14,21,31H,1-2,10-13H2,3-7H3,(H4,37,38,41,42,43,44);/q-2;+2/p-2/t21?,31-;/m1./s1. The number of fused-ring (bicyclic) bond motifs is 8. The number of hydrogen-bond donors (Lipinski definition) is 2. The molecule has 3 aromatic rings. The number of rotatable bonds is 7. The molecule has 12 heteroatoms. The molecule has 2 atom stereocenters. The number of aliphatic hydroxyl groups is 1. The molecule has 1 aliphatic carbocycles. The number of carbonyl (C=O) groups is 3. The number of methoxy groups -OCH3 is 2. The summed E-state index contributed by atoms with van der Waals surface area (Å²) in [6.45, 7) is 13.6. The monoisotopic (exact) mass is 658 g/mol. The maximum Gasteiger partial charge on any atom is 2.00 e. The number of ether oxygens (including phenoxy) is 2. The van der Waals surface area contributed by atoms with Gasteiger partial charge in [0.15, 0.2) is 0 Å². The zero-order valence-electron chi connectivity index (χ0n) is 27.6. The Morgan fingerprint density at radius 2 is 1.73 bits per heavy atom. The summed E-state index contributed by atoms with van der Waals surface area (Å²) in [5, 5.41) is 27.0. The summed E-state index contributed by atoms with van der Waals surface area (Å²) in [5.74, 6) is -3.65. The van der Waals surface area contributed by atoms with Crippen LogP contribution < -0.4 is 25.5 Å². The van der Waals surface area contributed by atoms with E-state index in [9.17, 15) is 24.6 Å². The van der Waals surface area contributed by atoms with Crippen molar-refractivity contribution in [1.29, 1.82) is 0 Å². The average molecular weight is 659 g/mol. The maximum atomic E-state index is 13.3. The van der Waals surface area contributed by atoms with E-state index in [1.807, 2.05) is 13.8 Å². The summed E-state index contributed by atoms with van der Waals surface area (Å²) >= 11 is 0. The van der Waals surface area contributed by atoms with Crippen molar-refractivity contribution in [3.63, 3.8) is 0 Å². The Balaban J connectivity index is 0.00000451. The number of carboxylic acid groups (broad SMARTS) is 1. The fourth-order valence-electron chi connectivity index (χ4n) is 6.97. The van der Waals surface area contributed by atoms with Gasteiger partial charge in [0.2, 0.25) is 0 Å². The number of carbonyl (C=O) groups excluding carboxylic acids is 2. The molecular formula is C36H34MgN4O7-2. The minimum Gasteiger partial charge on any atom is -0.678 e. The van der Waals surface area contributed by atoms with Crippen molar-refractivity contribution in [3.05, 3.63) is 108 Å². The van der Waals surface area contributed by atoms with Crippen molar-refractivity contribution in [2.75, 3.05) is 14.2 Å². The number of aromatic nitrogens is 3. The van der Waals surface area contributed by atoms with Crippen LogP contribution in [0, 0.1) is 19.8 Å². The van der Waals surface area contributed by atoms with E-state index in [2.05, 4.69) is 13.2 Å². The minimum absolute atomic E-state index is 0. The molecule has 3 aromatic heterocycles. The molecule has 0 spiro atoms. The first kappa shape index (κ1) is 34.6. The molecule has 0 amide bonds. The molecule has 11 nitrogen and oxygen atoms in total. The second-order valence-corrected chi connectivity index (χ2v) is 11.9. The van der Waals surface area contributed by atoms with E-state index in [4.69, 9.17) is 29.7 Å². The largest absolute Gasteiger partial charge is 2.00 e. The molecule has 5 heterocycles. The molecule has 8 bridgehead atoms. The Hall–Kier alpha value is -4.68. The molecule has 0 radical (unpaired) electrons. The normalized spacial score (nSPS) is 18.9. The first-order chi connectivity index (χ1) is 22.4. The van der Waals surface area contributed by atoms with Gasteiger partial charge in [-0.3, -0.25) is 9.59 Å². The second kappa shape index (κ2) is 13.1. The summed E-state index contributed by atoms with van der Waals surface area (Å²) in [6.07, 6.45) is 5.56. The Labute approximate surface area is 293 Å². The predicted molar refractivity (Wildman–Crippen MR) is 180 cm³/mol. The molecule has 244 valence electrons. The SMILES string of the molecule is C=CC1=C(C)C2Cc3[n-]c(c(CCC(=O)O)c3C)C3=c4[n-]c(c(C)c4=C(O)[C@@H]3C(=O)OC)Cc3[n-]c(c(C(=O)OC)c3C=C)/C=C/1[N-]2.[Mg+2]. The summed E-state index contributed by atoms with van der Waals surface area (Å²) in [4.78, 5) is 53.0. The van der Waals surface area contributed by atoms with E-state index in [0.29, 0.717) is 73.4 Å². The third kappa shape index (κ3) is 5.32. The van der Waals surface area contributed by atoms with Gasteiger partial charge in [0.1, 0.15) is 11.7 Å². The van der Waals surface area contributed by atoms with Crippen molar-refractivity contribution < 1.29 is 34.1 Å². The first-order valence-electron chi connectivity index (χ1n) is 15.2. The minimum atomic E-state index is -1.20. The molecular weight excluding hydrogens is 625 g/mol. The van der Waals surface area contributed by atoms with Crippen molar-refractivity contribution in [2.45, 2.75) is 52.5 Å². The van der Waals surface area contributed by atoms with Crippen LogP contribution in [0.15, 0.2) is 36.1 Å². The third-order valence-corrected chi connectivity index (χ3v) is 9.44. The number of nitrogens with zero attached hydrogens (tertiary/aromatic N) is 4. The van der Waals surface area contributed by atoms with Gasteiger partial charge < -0.3 is 40.0 Å². The number of hydrogen-bond acceptors (Lipinski definition) is 6. The van der Waals surface area contributed by atoms with Crippen LogP contribution in [0.2, 0.25) is 0 Å². The molecule has 0 fully saturated rings. The van der Waals surface area contributed by atoms with Crippen LogP contribution in [0.4, 0.5) is 0 Å². The van der Waals surface area contributed by atoms with E-state index in [0.717, 1.165) is 16.7 Å². The van der Waals surface area contributed by atoms with Gasteiger partial charge in [0, 0.05) is 11.6 Å². The zero-order valence-corrected chi connectivity index (χ0v) is 29.0. The number of aliphatic hydroxyl groups excluding tert-OH is 1. The zero-order chi connectivity index (χ0) is 33.9. The van der Waals surface area contributed by atoms with Crippen LogP contribution in [0.3, 0.4) is 0 Å². The Kier molecular flexibility index (Phi) is 9.44. The first-order valence-corrected chi connectivity index (χ1v) is 15.2. The quantitative estimate of drug-likeness (QED) is 0.285. The van der Waals surface area contributed by atoms with Gasteiger partial charge in [-0.15, -0.1) is 28.1 Å².